The van der Waals surface area contributed by atoms with Crippen LogP contribution in [0.15, 0.2) is 24.3 Å². The topological polar surface area (TPSA) is 50.4 Å². The number of rotatable bonds is 5. The molecule has 0 bridgehead atoms. The van der Waals surface area contributed by atoms with E-state index in [1.807, 2.05) is 0 Å². The van der Waals surface area contributed by atoms with Crippen LogP contribution in [0, 0.1) is 0 Å². The Kier molecular flexibility index (Phi) is 3.94. The molecule has 0 heterocycles. The summed E-state index contributed by atoms with van der Waals surface area (Å²) in [5.41, 5.74) is 0.428. The van der Waals surface area contributed by atoms with Crippen molar-refractivity contribution in [2.75, 3.05) is 11.9 Å². The van der Waals surface area contributed by atoms with Crippen LogP contribution in [0.5, 0.6) is 5.75 Å². The van der Waals surface area contributed by atoms with Gasteiger partial charge in [0.1, 0.15) is 5.75 Å². The summed E-state index contributed by atoms with van der Waals surface area (Å²) in [7, 11) is 0. The summed E-state index contributed by atoms with van der Waals surface area (Å²) in [6.07, 6.45) is -2.55. The second-order valence-corrected chi connectivity index (χ2v) is 4.28. The van der Waals surface area contributed by atoms with Gasteiger partial charge in [-0.3, -0.25) is 4.79 Å². The highest BCUT2D eigenvalue weighted by atomic mass is 19.4. The largest absolute Gasteiger partial charge is 0.573 e. The fourth-order valence-corrected chi connectivity index (χ4v) is 1.47. The first-order valence-corrected chi connectivity index (χ1v) is 5.81. The van der Waals surface area contributed by atoms with Crippen molar-refractivity contribution in [1.82, 2.24) is 5.32 Å². The minimum Gasteiger partial charge on any atom is -0.406 e. The smallest absolute Gasteiger partial charge is 0.406 e. The molecular formula is C12H13F3N2O2. The minimum absolute atomic E-state index is 0.200. The maximum absolute atomic E-state index is 11.9. The summed E-state index contributed by atoms with van der Waals surface area (Å²) < 4.78 is 39.5. The summed E-state index contributed by atoms with van der Waals surface area (Å²) in [4.78, 5) is 11.5. The molecular weight excluding hydrogens is 261 g/mol. The molecule has 1 aromatic carbocycles. The molecule has 0 aliphatic heterocycles. The first kappa shape index (κ1) is 13.7. The van der Waals surface area contributed by atoms with Crippen LogP contribution in [0.25, 0.3) is 0 Å². The lowest BCUT2D eigenvalue weighted by Crippen LogP contribution is -2.29. The molecule has 0 radical (unpaired) electrons. The third kappa shape index (κ3) is 5.17. The van der Waals surface area contributed by atoms with E-state index in [1.165, 1.54) is 12.1 Å². The molecule has 1 aliphatic rings. The monoisotopic (exact) mass is 274 g/mol. The third-order valence-corrected chi connectivity index (χ3v) is 2.50. The van der Waals surface area contributed by atoms with Crippen LogP contribution in [0.1, 0.15) is 12.8 Å². The molecule has 19 heavy (non-hydrogen) atoms. The van der Waals surface area contributed by atoms with E-state index < -0.39 is 6.36 Å². The summed E-state index contributed by atoms with van der Waals surface area (Å²) in [6.45, 7) is 0.200. The van der Waals surface area contributed by atoms with Crippen molar-refractivity contribution in [3.63, 3.8) is 0 Å². The molecule has 0 spiro atoms. The van der Waals surface area contributed by atoms with E-state index in [-0.39, 0.29) is 18.2 Å². The van der Waals surface area contributed by atoms with Crippen LogP contribution in [-0.4, -0.2) is 24.9 Å². The Morgan fingerprint density at radius 3 is 2.42 bits per heavy atom. The van der Waals surface area contributed by atoms with Gasteiger partial charge in [-0.15, -0.1) is 13.2 Å². The van der Waals surface area contributed by atoms with Crippen molar-refractivity contribution in [3.05, 3.63) is 24.3 Å². The molecule has 1 aromatic rings. The van der Waals surface area contributed by atoms with Crippen LogP contribution in [0.3, 0.4) is 0 Å². The zero-order valence-corrected chi connectivity index (χ0v) is 9.96. The number of ether oxygens (including phenoxy) is 1. The average molecular weight is 274 g/mol. The number of anilines is 1. The predicted octanol–water partition coefficient (Wildman–Crippen LogP) is 2.28. The number of hydrogen-bond acceptors (Lipinski definition) is 3. The molecule has 4 nitrogen and oxygen atoms in total. The fourth-order valence-electron chi connectivity index (χ4n) is 1.47. The molecule has 0 unspecified atom stereocenters. The highest BCUT2D eigenvalue weighted by Crippen LogP contribution is 2.24. The van der Waals surface area contributed by atoms with Crippen molar-refractivity contribution in [2.45, 2.75) is 25.2 Å². The first-order chi connectivity index (χ1) is 8.92. The van der Waals surface area contributed by atoms with Crippen molar-refractivity contribution < 1.29 is 22.7 Å². The van der Waals surface area contributed by atoms with Gasteiger partial charge in [-0.05, 0) is 37.1 Å². The summed E-state index contributed by atoms with van der Waals surface area (Å²) in [6, 6.07) is 5.44. The number of hydrogen-bond donors (Lipinski definition) is 2. The van der Waals surface area contributed by atoms with Gasteiger partial charge in [0.15, 0.2) is 0 Å². The van der Waals surface area contributed by atoms with Gasteiger partial charge < -0.3 is 15.4 Å². The Morgan fingerprint density at radius 1 is 1.26 bits per heavy atom. The molecule has 1 amide bonds. The second-order valence-electron chi connectivity index (χ2n) is 4.28. The first-order valence-electron chi connectivity index (χ1n) is 5.81. The van der Waals surface area contributed by atoms with Gasteiger partial charge in [0.25, 0.3) is 0 Å². The van der Waals surface area contributed by atoms with Gasteiger partial charge in [0.05, 0.1) is 6.54 Å². The minimum atomic E-state index is -4.71. The Balaban J connectivity index is 1.81. The molecule has 0 atom stereocenters. The number of nitrogens with one attached hydrogen (secondary N) is 2. The van der Waals surface area contributed by atoms with E-state index in [4.69, 9.17) is 0 Å². The van der Waals surface area contributed by atoms with Gasteiger partial charge in [-0.2, -0.15) is 0 Å². The normalized spacial score (nSPS) is 15.1. The number of benzene rings is 1. The number of amides is 1. The molecule has 0 saturated heterocycles. The molecule has 104 valence electrons. The fraction of sp³-hybridized carbons (Fsp3) is 0.417. The Bertz CT molecular complexity index is 441. The van der Waals surface area contributed by atoms with E-state index in [2.05, 4.69) is 15.4 Å². The van der Waals surface area contributed by atoms with E-state index in [0.29, 0.717) is 11.7 Å². The summed E-state index contributed by atoms with van der Waals surface area (Å²) in [5.74, 6) is -0.544. The standard InChI is InChI=1S/C12H13F3N2O2/c13-12(14,15)19-10-5-3-9(4-6-10)17-11(18)7-16-8-1-2-8/h3-6,8,16H,1-2,7H2,(H,17,18). The number of halogens is 3. The molecule has 1 saturated carbocycles. The zero-order valence-electron chi connectivity index (χ0n) is 9.96. The van der Waals surface area contributed by atoms with Crippen molar-refractivity contribution in [1.29, 1.82) is 0 Å². The Morgan fingerprint density at radius 2 is 1.89 bits per heavy atom. The van der Waals surface area contributed by atoms with Crippen molar-refractivity contribution in [2.24, 2.45) is 0 Å². The summed E-state index contributed by atoms with van der Waals surface area (Å²) >= 11 is 0. The number of carbonyl (C=O) groups is 1. The lowest BCUT2D eigenvalue weighted by atomic mass is 10.3. The summed E-state index contributed by atoms with van der Waals surface area (Å²) in [5, 5.41) is 5.61. The SMILES string of the molecule is O=C(CNC1CC1)Nc1ccc(OC(F)(F)F)cc1. The molecule has 1 fully saturated rings. The maximum Gasteiger partial charge on any atom is 0.573 e. The maximum atomic E-state index is 11.9. The van der Waals surface area contributed by atoms with Crippen LogP contribution in [-0.2, 0) is 4.79 Å². The Labute approximate surface area is 107 Å². The van der Waals surface area contributed by atoms with Crippen LogP contribution in [0.2, 0.25) is 0 Å². The molecule has 2 rings (SSSR count). The highest BCUT2D eigenvalue weighted by Gasteiger charge is 2.30. The van der Waals surface area contributed by atoms with Gasteiger partial charge in [0.2, 0.25) is 5.91 Å². The molecule has 0 aromatic heterocycles. The molecule has 2 N–H and O–H groups in total. The van der Waals surface area contributed by atoms with Gasteiger partial charge in [-0.1, -0.05) is 0 Å². The van der Waals surface area contributed by atoms with Crippen LogP contribution in [0.4, 0.5) is 18.9 Å². The molecule has 7 heteroatoms. The van der Waals surface area contributed by atoms with Crippen molar-refractivity contribution >= 4 is 11.6 Å². The lowest BCUT2D eigenvalue weighted by Gasteiger charge is -2.10. The Hall–Kier alpha value is -1.76. The number of carbonyl (C=O) groups excluding carboxylic acids is 1. The third-order valence-electron chi connectivity index (χ3n) is 2.50. The molecule has 1 aliphatic carbocycles. The second kappa shape index (κ2) is 5.48. The average Bonchev–Trinajstić information content (AvgIpc) is 3.11. The number of alkyl halides is 3. The predicted molar refractivity (Wildman–Crippen MR) is 62.8 cm³/mol. The van der Waals surface area contributed by atoms with E-state index in [1.54, 1.807) is 0 Å². The van der Waals surface area contributed by atoms with Crippen molar-refractivity contribution in [3.8, 4) is 5.75 Å². The van der Waals surface area contributed by atoms with Gasteiger partial charge >= 0.3 is 6.36 Å². The highest BCUT2D eigenvalue weighted by molar-refractivity contribution is 5.92. The zero-order chi connectivity index (χ0) is 13.9. The van der Waals surface area contributed by atoms with E-state index >= 15 is 0 Å². The van der Waals surface area contributed by atoms with Gasteiger partial charge in [-0.25, -0.2) is 0 Å². The van der Waals surface area contributed by atoms with Crippen LogP contribution >= 0.6 is 0 Å². The lowest BCUT2D eigenvalue weighted by molar-refractivity contribution is -0.274. The quantitative estimate of drug-likeness (QED) is 0.866. The van der Waals surface area contributed by atoms with E-state index in [0.717, 1.165) is 25.0 Å². The van der Waals surface area contributed by atoms with Crippen LogP contribution < -0.4 is 15.4 Å². The van der Waals surface area contributed by atoms with E-state index in [9.17, 15) is 18.0 Å². The van der Waals surface area contributed by atoms with Gasteiger partial charge in [0, 0.05) is 11.7 Å².